The number of carbonyl (C=O) groups is 2. The minimum atomic E-state index is -0.485. The molecular formula is C27H22BrCl2FN2O5. The van der Waals surface area contributed by atoms with E-state index in [2.05, 4.69) is 15.9 Å². The lowest BCUT2D eigenvalue weighted by molar-refractivity contribution is 0.0515. The second-order valence-electron chi connectivity index (χ2n) is 8.75. The molecule has 0 saturated carbocycles. The van der Waals surface area contributed by atoms with Gasteiger partial charge < -0.3 is 24.0 Å². The molecule has 198 valence electrons. The second-order valence-corrected chi connectivity index (χ2v) is 10.5. The third-order valence-electron chi connectivity index (χ3n) is 6.47. The van der Waals surface area contributed by atoms with E-state index in [-0.39, 0.29) is 34.4 Å². The molecule has 0 unspecified atom stereocenters. The van der Waals surface area contributed by atoms with Gasteiger partial charge in [-0.25, -0.2) is 9.18 Å². The molecule has 1 fully saturated rings. The van der Waals surface area contributed by atoms with E-state index in [1.807, 2.05) is 4.90 Å². The SMILES string of the molecule is COC(=O)c1ccc(-c2c(F)ccc3c2OCN(C(=O)c2c(Cl)cc(Br)cc2Cl)C3)cc1N1CCOCC1. The number of benzene rings is 3. The summed E-state index contributed by atoms with van der Waals surface area (Å²) in [6.07, 6.45) is 0. The largest absolute Gasteiger partial charge is 0.472 e. The summed E-state index contributed by atoms with van der Waals surface area (Å²) in [7, 11) is 1.32. The average Bonchev–Trinajstić information content (AvgIpc) is 2.92. The van der Waals surface area contributed by atoms with E-state index in [0.29, 0.717) is 58.9 Å². The van der Waals surface area contributed by atoms with Crippen molar-refractivity contribution >= 4 is 56.7 Å². The quantitative estimate of drug-likeness (QED) is 0.324. The fourth-order valence-electron chi connectivity index (χ4n) is 4.62. The number of nitrogens with zero attached hydrogens (tertiary/aromatic N) is 2. The predicted molar refractivity (Wildman–Crippen MR) is 146 cm³/mol. The van der Waals surface area contributed by atoms with Gasteiger partial charge >= 0.3 is 5.97 Å². The van der Waals surface area contributed by atoms with Crippen molar-refractivity contribution in [3.63, 3.8) is 0 Å². The Morgan fingerprint density at radius 3 is 2.45 bits per heavy atom. The minimum absolute atomic E-state index is 0.123. The fraction of sp³-hybridized carbons (Fsp3) is 0.259. The summed E-state index contributed by atoms with van der Waals surface area (Å²) in [5.41, 5.74) is 2.58. The number of hydrogen-bond acceptors (Lipinski definition) is 6. The molecule has 38 heavy (non-hydrogen) atoms. The second kappa shape index (κ2) is 11.1. The van der Waals surface area contributed by atoms with Crippen LogP contribution in [0.4, 0.5) is 10.1 Å². The van der Waals surface area contributed by atoms with E-state index < -0.39 is 17.7 Å². The Morgan fingerprint density at radius 2 is 1.76 bits per heavy atom. The summed E-state index contributed by atoms with van der Waals surface area (Å²) < 4.78 is 32.3. The zero-order chi connectivity index (χ0) is 27.0. The van der Waals surface area contributed by atoms with Crippen molar-refractivity contribution in [3.05, 3.63) is 79.5 Å². The molecule has 1 saturated heterocycles. The van der Waals surface area contributed by atoms with Crippen LogP contribution in [0.5, 0.6) is 5.75 Å². The van der Waals surface area contributed by atoms with Crippen LogP contribution in [0.15, 0.2) is 46.9 Å². The van der Waals surface area contributed by atoms with Crippen LogP contribution in [0.3, 0.4) is 0 Å². The van der Waals surface area contributed by atoms with Gasteiger partial charge in [-0.15, -0.1) is 0 Å². The Kier molecular flexibility index (Phi) is 7.81. The maximum Gasteiger partial charge on any atom is 0.339 e. The number of ether oxygens (including phenoxy) is 3. The van der Waals surface area contributed by atoms with Crippen LogP contribution in [0, 0.1) is 5.82 Å². The van der Waals surface area contributed by atoms with Crippen molar-refractivity contribution in [2.45, 2.75) is 6.54 Å². The number of esters is 1. The fourth-order valence-corrected chi connectivity index (χ4v) is 5.99. The van der Waals surface area contributed by atoms with Crippen LogP contribution in [-0.4, -0.2) is 56.9 Å². The van der Waals surface area contributed by atoms with E-state index in [1.54, 1.807) is 36.4 Å². The van der Waals surface area contributed by atoms with E-state index in [1.165, 1.54) is 18.1 Å². The Hall–Kier alpha value is -2.85. The van der Waals surface area contributed by atoms with Crippen molar-refractivity contribution in [3.8, 4) is 16.9 Å². The maximum atomic E-state index is 15.3. The number of carbonyl (C=O) groups excluding carboxylic acids is 2. The molecule has 0 radical (unpaired) electrons. The topological polar surface area (TPSA) is 68.3 Å². The number of amides is 1. The number of hydrogen-bond donors (Lipinski definition) is 0. The van der Waals surface area contributed by atoms with Crippen LogP contribution in [0.1, 0.15) is 26.3 Å². The van der Waals surface area contributed by atoms with E-state index in [0.717, 1.165) is 0 Å². The van der Waals surface area contributed by atoms with Gasteiger partial charge in [0.05, 0.1) is 59.3 Å². The van der Waals surface area contributed by atoms with Crippen molar-refractivity contribution in [2.24, 2.45) is 0 Å². The Labute approximate surface area is 237 Å². The average molecular weight is 624 g/mol. The lowest BCUT2D eigenvalue weighted by atomic mass is 9.97. The monoisotopic (exact) mass is 622 g/mol. The smallest absolute Gasteiger partial charge is 0.339 e. The Bertz CT molecular complexity index is 1410. The highest BCUT2D eigenvalue weighted by molar-refractivity contribution is 9.10. The van der Waals surface area contributed by atoms with Gasteiger partial charge in [-0.1, -0.05) is 51.3 Å². The number of morpholine rings is 1. The third kappa shape index (κ3) is 5.08. The Balaban J connectivity index is 1.51. The molecule has 1 amide bonds. The molecule has 11 heteroatoms. The first-order valence-corrected chi connectivity index (χ1v) is 13.3. The van der Waals surface area contributed by atoms with Crippen LogP contribution in [-0.2, 0) is 16.0 Å². The first-order chi connectivity index (χ1) is 18.3. The van der Waals surface area contributed by atoms with E-state index in [4.69, 9.17) is 37.4 Å². The summed E-state index contributed by atoms with van der Waals surface area (Å²) >= 11 is 15.9. The van der Waals surface area contributed by atoms with Gasteiger partial charge in [0.2, 0.25) is 0 Å². The van der Waals surface area contributed by atoms with Crippen molar-refractivity contribution < 1.29 is 28.2 Å². The van der Waals surface area contributed by atoms with Crippen LogP contribution < -0.4 is 9.64 Å². The molecule has 2 heterocycles. The van der Waals surface area contributed by atoms with Gasteiger partial charge in [-0.3, -0.25) is 4.79 Å². The summed E-state index contributed by atoms with van der Waals surface area (Å²) in [4.78, 5) is 29.2. The van der Waals surface area contributed by atoms with Gasteiger partial charge in [-0.2, -0.15) is 0 Å². The van der Waals surface area contributed by atoms with E-state index in [9.17, 15) is 9.59 Å². The van der Waals surface area contributed by atoms with Crippen LogP contribution >= 0.6 is 39.1 Å². The third-order valence-corrected chi connectivity index (χ3v) is 7.52. The lowest BCUT2D eigenvalue weighted by Gasteiger charge is -2.32. The highest BCUT2D eigenvalue weighted by atomic mass is 79.9. The lowest BCUT2D eigenvalue weighted by Crippen LogP contribution is -2.38. The molecule has 2 aliphatic heterocycles. The van der Waals surface area contributed by atoms with Gasteiger partial charge in [-0.05, 0) is 35.9 Å². The summed E-state index contributed by atoms with van der Waals surface area (Å²) in [6, 6.07) is 11.2. The first-order valence-electron chi connectivity index (χ1n) is 11.7. The maximum absolute atomic E-state index is 15.3. The minimum Gasteiger partial charge on any atom is -0.472 e. The summed E-state index contributed by atoms with van der Waals surface area (Å²) in [5.74, 6) is -1.03. The molecule has 3 aromatic carbocycles. The standard InChI is InChI=1S/C27H22BrCl2FN2O5/c1-36-27(35)18-4-2-15(10-22(18)32-6-8-37-9-7-32)23-21(31)5-3-16-13-33(14-38-25(16)23)26(34)24-19(29)11-17(28)12-20(24)30/h2-5,10-12H,6-9,13-14H2,1H3. The van der Waals surface area contributed by atoms with Crippen LogP contribution in [0.25, 0.3) is 11.1 Å². The van der Waals surface area contributed by atoms with Gasteiger partial charge in [0, 0.05) is 23.1 Å². The number of methoxy groups -OCH3 is 1. The molecule has 3 aromatic rings. The molecule has 0 N–H and O–H groups in total. The van der Waals surface area contributed by atoms with Gasteiger partial charge in [0.25, 0.3) is 5.91 Å². The Morgan fingerprint density at radius 1 is 1.05 bits per heavy atom. The van der Waals surface area contributed by atoms with Crippen molar-refractivity contribution in [2.75, 3.05) is 45.0 Å². The molecule has 0 aromatic heterocycles. The molecule has 0 aliphatic carbocycles. The highest BCUT2D eigenvalue weighted by Gasteiger charge is 2.30. The number of anilines is 1. The molecule has 0 atom stereocenters. The summed E-state index contributed by atoms with van der Waals surface area (Å²) in [5, 5.41) is 0.419. The molecule has 5 rings (SSSR count). The molecule has 2 aliphatic rings. The van der Waals surface area contributed by atoms with Gasteiger partial charge in [0.15, 0.2) is 6.73 Å². The number of fused-ring (bicyclic) bond motifs is 1. The molecular weight excluding hydrogens is 602 g/mol. The zero-order valence-corrected chi connectivity index (χ0v) is 23.3. The van der Waals surface area contributed by atoms with Crippen molar-refractivity contribution in [1.29, 1.82) is 0 Å². The van der Waals surface area contributed by atoms with Crippen LogP contribution in [0.2, 0.25) is 10.0 Å². The van der Waals surface area contributed by atoms with Crippen molar-refractivity contribution in [1.82, 2.24) is 4.90 Å². The predicted octanol–water partition coefficient (Wildman–Crippen LogP) is 6.18. The first kappa shape index (κ1) is 26.7. The number of halogens is 4. The highest BCUT2D eigenvalue weighted by Crippen LogP contribution is 2.41. The van der Waals surface area contributed by atoms with E-state index >= 15 is 4.39 Å². The normalized spacial score (nSPS) is 15.1. The molecule has 7 nitrogen and oxygen atoms in total. The molecule has 0 bridgehead atoms. The zero-order valence-electron chi connectivity index (χ0n) is 20.2. The number of rotatable bonds is 4. The van der Waals surface area contributed by atoms with Gasteiger partial charge in [0.1, 0.15) is 11.6 Å². The summed E-state index contributed by atoms with van der Waals surface area (Å²) in [6.45, 7) is 2.23. The molecule has 0 spiro atoms.